The quantitative estimate of drug-likeness (QED) is 0.167. The molecule has 0 fully saturated rings. The van der Waals surface area contributed by atoms with E-state index in [-0.39, 0.29) is 26.5 Å². The third-order valence-electron chi connectivity index (χ3n) is 8.14. The van der Waals surface area contributed by atoms with E-state index >= 15 is 0 Å². The predicted octanol–water partition coefficient (Wildman–Crippen LogP) is 11.0. The van der Waals surface area contributed by atoms with Crippen molar-refractivity contribution in [1.82, 2.24) is 14.5 Å². The molecule has 0 aliphatic rings. The minimum Gasteiger partial charge on any atom is -0.503 e. The summed E-state index contributed by atoms with van der Waals surface area (Å²) in [4.78, 5) is 9.69. The Kier molecular flexibility index (Phi) is 7.16. The Balaban J connectivity index is 0.00000312. The standard InChI is InChI=1S/C37H29N3OS2.Pt/c1-21(2)22-14-15-38-33(16-22)40-29-9-7-6-8-26(29)27-12-10-25(19-30(27)40)41-24-11-13-31-28(18-24)34-35-32(43-36(34)42-31)17-23(20-39-35)37(3,4)5;/h6-17,20-21H,1-5H3;/q-2;+2. The zero-order chi connectivity index (χ0) is 29.5. The van der Waals surface area contributed by atoms with E-state index in [1.807, 2.05) is 35.9 Å². The van der Waals surface area contributed by atoms with Crippen LogP contribution in [0, 0.1) is 12.1 Å². The van der Waals surface area contributed by atoms with Gasteiger partial charge in [-0.15, -0.1) is 40.3 Å². The van der Waals surface area contributed by atoms with Crippen molar-refractivity contribution in [2.24, 2.45) is 0 Å². The molecule has 0 amide bonds. The van der Waals surface area contributed by atoms with Crippen molar-refractivity contribution in [2.45, 2.75) is 46.0 Å². The van der Waals surface area contributed by atoms with Gasteiger partial charge in [0.05, 0.1) is 0 Å². The average molecular weight is 791 g/mol. The number of fused-ring (bicyclic) bond motifs is 8. The number of rotatable bonds is 4. The summed E-state index contributed by atoms with van der Waals surface area (Å²) >= 11 is 3.61. The summed E-state index contributed by atoms with van der Waals surface area (Å²) in [5, 5.41) is 4.51. The second-order valence-corrected chi connectivity index (χ2v) is 14.8. The van der Waals surface area contributed by atoms with Crippen molar-refractivity contribution in [3.8, 4) is 17.3 Å². The van der Waals surface area contributed by atoms with Gasteiger partial charge in [-0.3, -0.25) is 4.98 Å². The molecule has 8 aromatic rings. The van der Waals surface area contributed by atoms with Crippen LogP contribution in [0.2, 0.25) is 0 Å². The van der Waals surface area contributed by atoms with Crippen LogP contribution in [0.15, 0.2) is 79.1 Å². The van der Waals surface area contributed by atoms with Gasteiger partial charge < -0.3 is 9.30 Å². The third-order valence-corrected chi connectivity index (χ3v) is 10.5. The molecular weight excluding hydrogens is 762 g/mol. The van der Waals surface area contributed by atoms with Crippen molar-refractivity contribution in [3.05, 3.63) is 102 Å². The van der Waals surface area contributed by atoms with Crippen molar-refractivity contribution >= 4 is 74.2 Å². The molecule has 7 heteroatoms. The SMILES string of the molecule is CC(C)c1ccnc(-n2c3[c-]c(Oc4[c-]c5c(cc4)sc4sc6cc(C(C)(C)C)cnc6c45)ccc3c3ccccc32)c1.[Pt+2]. The Morgan fingerprint density at radius 1 is 0.841 bits per heavy atom. The van der Waals surface area contributed by atoms with Crippen LogP contribution >= 0.6 is 22.7 Å². The van der Waals surface area contributed by atoms with Gasteiger partial charge in [-0.2, -0.15) is 17.4 Å². The van der Waals surface area contributed by atoms with Crippen LogP contribution in [0.5, 0.6) is 11.5 Å². The van der Waals surface area contributed by atoms with E-state index in [0.717, 1.165) is 38.5 Å². The van der Waals surface area contributed by atoms with Crippen LogP contribution in [-0.4, -0.2) is 14.5 Å². The number of nitrogens with zero attached hydrogens (tertiary/aromatic N) is 3. The van der Waals surface area contributed by atoms with E-state index in [0.29, 0.717) is 17.4 Å². The van der Waals surface area contributed by atoms with Gasteiger partial charge in [0.15, 0.2) is 0 Å². The Bertz CT molecular complexity index is 2360. The minimum absolute atomic E-state index is 0. The molecule has 0 saturated heterocycles. The molecule has 220 valence electrons. The molecule has 3 aromatic carbocycles. The first-order valence-electron chi connectivity index (χ1n) is 14.5. The van der Waals surface area contributed by atoms with Crippen molar-refractivity contribution in [1.29, 1.82) is 0 Å². The maximum atomic E-state index is 6.46. The van der Waals surface area contributed by atoms with Gasteiger partial charge in [0.25, 0.3) is 0 Å². The normalized spacial score (nSPS) is 12.2. The molecule has 0 aliphatic heterocycles. The van der Waals surface area contributed by atoms with Crippen molar-refractivity contribution < 1.29 is 25.8 Å². The van der Waals surface area contributed by atoms with E-state index in [1.54, 1.807) is 11.3 Å². The summed E-state index contributed by atoms with van der Waals surface area (Å²) < 4.78 is 12.3. The maximum Gasteiger partial charge on any atom is 2.00 e. The fourth-order valence-electron chi connectivity index (χ4n) is 5.76. The van der Waals surface area contributed by atoms with Crippen LogP contribution in [0.3, 0.4) is 0 Å². The fourth-order valence-corrected chi connectivity index (χ4v) is 8.29. The van der Waals surface area contributed by atoms with Crippen LogP contribution in [0.4, 0.5) is 0 Å². The molecule has 44 heavy (non-hydrogen) atoms. The molecule has 4 nitrogen and oxygen atoms in total. The predicted molar refractivity (Wildman–Crippen MR) is 182 cm³/mol. The number of pyridine rings is 2. The largest absolute Gasteiger partial charge is 2.00 e. The Morgan fingerprint density at radius 2 is 1.61 bits per heavy atom. The molecule has 0 saturated carbocycles. The Morgan fingerprint density at radius 3 is 2.43 bits per heavy atom. The summed E-state index contributed by atoms with van der Waals surface area (Å²) in [6, 6.07) is 30.4. The summed E-state index contributed by atoms with van der Waals surface area (Å²) in [7, 11) is 0. The molecule has 0 aliphatic carbocycles. The van der Waals surface area contributed by atoms with Gasteiger partial charge in [0, 0.05) is 43.6 Å². The fraction of sp³-hybridized carbons (Fsp3) is 0.189. The van der Waals surface area contributed by atoms with E-state index in [4.69, 9.17) is 14.7 Å². The zero-order valence-electron chi connectivity index (χ0n) is 25.0. The first kappa shape index (κ1) is 29.2. The van der Waals surface area contributed by atoms with E-state index < -0.39 is 0 Å². The Hall–Kier alpha value is -3.57. The van der Waals surface area contributed by atoms with Gasteiger partial charge in [-0.25, -0.2) is 4.98 Å². The van der Waals surface area contributed by atoms with Gasteiger partial charge >= 0.3 is 21.1 Å². The average Bonchev–Trinajstić information content (AvgIpc) is 3.63. The summed E-state index contributed by atoms with van der Waals surface area (Å²) in [5.41, 5.74) is 5.64. The molecule has 0 N–H and O–H groups in total. The molecule has 0 radical (unpaired) electrons. The minimum atomic E-state index is 0. The van der Waals surface area contributed by atoms with E-state index in [1.165, 1.54) is 29.9 Å². The van der Waals surface area contributed by atoms with Gasteiger partial charge in [0.2, 0.25) is 0 Å². The number of benzene rings is 3. The Labute approximate surface area is 278 Å². The summed E-state index contributed by atoms with van der Waals surface area (Å²) in [5.74, 6) is 2.59. The maximum absolute atomic E-state index is 6.46. The van der Waals surface area contributed by atoms with Crippen LogP contribution in [-0.2, 0) is 26.5 Å². The molecular formula is C37H29N3OPtS2. The van der Waals surface area contributed by atoms with E-state index in [9.17, 15) is 0 Å². The van der Waals surface area contributed by atoms with Crippen molar-refractivity contribution in [2.75, 3.05) is 0 Å². The number of hydrogen-bond acceptors (Lipinski definition) is 5. The molecule has 0 spiro atoms. The second kappa shape index (κ2) is 10.8. The number of hydrogen-bond donors (Lipinski definition) is 0. The first-order chi connectivity index (χ1) is 20.7. The number of thiophene rings is 2. The summed E-state index contributed by atoms with van der Waals surface area (Å²) in [6.45, 7) is 11.1. The van der Waals surface area contributed by atoms with Crippen LogP contribution in [0.1, 0.15) is 51.7 Å². The first-order valence-corrected chi connectivity index (χ1v) is 16.1. The summed E-state index contributed by atoms with van der Waals surface area (Å²) in [6.07, 6.45) is 3.91. The number of ether oxygens (including phenoxy) is 1. The van der Waals surface area contributed by atoms with E-state index in [2.05, 4.69) is 106 Å². The zero-order valence-corrected chi connectivity index (χ0v) is 28.9. The molecule has 0 bridgehead atoms. The number of aromatic nitrogens is 3. The molecule has 0 unspecified atom stereocenters. The molecule has 0 atom stereocenters. The third kappa shape index (κ3) is 4.75. The topological polar surface area (TPSA) is 39.9 Å². The molecule has 5 heterocycles. The second-order valence-electron chi connectivity index (χ2n) is 12.4. The van der Waals surface area contributed by atoms with Crippen LogP contribution in [0.25, 0.3) is 57.3 Å². The monoisotopic (exact) mass is 790 g/mol. The number of para-hydroxylation sites is 1. The molecule has 8 rings (SSSR count). The van der Waals surface area contributed by atoms with Gasteiger partial charge in [-0.1, -0.05) is 75.2 Å². The van der Waals surface area contributed by atoms with Crippen LogP contribution < -0.4 is 4.74 Å². The van der Waals surface area contributed by atoms with Gasteiger partial charge in [0.1, 0.15) is 5.82 Å². The smallest absolute Gasteiger partial charge is 0.503 e. The molecule has 5 aromatic heterocycles. The van der Waals surface area contributed by atoms with Gasteiger partial charge in [-0.05, 0) is 57.5 Å². The van der Waals surface area contributed by atoms with Crippen molar-refractivity contribution in [3.63, 3.8) is 0 Å².